The third-order valence-corrected chi connectivity index (χ3v) is 8.58. The molecule has 4 rings (SSSR count). The number of benzene rings is 1. The van der Waals surface area contributed by atoms with Crippen molar-refractivity contribution in [1.29, 1.82) is 0 Å². The predicted octanol–water partition coefficient (Wildman–Crippen LogP) is 4.72. The zero-order chi connectivity index (χ0) is 27.8. The van der Waals surface area contributed by atoms with Crippen molar-refractivity contribution in [3.63, 3.8) is 0 Å². The van der Waals surface area contributed by atoms with E-state index in [2.05, 4.69) is 15.4 Å². The zero-order valence-corrected chi connectivity index (χ0v) is 22.4. The SMILES string of the molecule is COC(C)c1c(Nc2ccc(C(N(C)C(=O)C3CCS(=O)(=O)CC3)C(F)(F)F)cc2)cnc2cc(Cl)nn12. The Morgan fingerprint density at radius 3 is 2.45 bits per heavy atom. The van der Waals surface area contributed by atoms with Gasteiger partial charge in [-0.1, -0.05) is 23.7 Å². The lowest BCUT2D eigenvalue weighted by Gasteiger charge is -2.34. The Hall–Kier alpha value is -2.90. The molecule has 0 bridgehead atoms. The summed E-state index contributed by atoms with van der Waals surface area (Å²) in [6.07, 6.45) is -3.57. The van der Waals surface area contributed by atoms with Crippen molar-refractivity contribution >= 4 is 44.4 Å². The number of carbonyl (C=O) groups is 1. The molecule has 0 spiro atoms. The highest BCUT2D eigenvalue weighted by molar-refractivity contribution is 7.91. The van der Waals surface area contributed by atoms with Gasteiger partial charge in [0.15, 0.2) is 16.8 Å². The number of anilines is 2. The number of nitrogens with one attached hydrogen (secondary N) is 1. The minimum absolute atomic E-state index is 0.0149. The minimum Gasteiger partial charge on any atom is -0.375 e. The van der Waals surface area contributed by atoms with Crippen LogP contribution in [0.25, 0.3) is 5.65 Å². The van der Waals surface area contributed by atoms with Crippen LogP contribution in [0.4, 0.5) is 24.5 Å². The molecule has 1 amide bonds. The van der Waals surface area contributed by atoms with E-state index in [-0.39, 0.29) is 35.1 Å². The number of amides is 1. The number of hydrogen-bond acceptors (Lipinski definition) is 7. The monoisotopic (exact) mass is 573 g/mol. The van der Waals surface area contributed by atoms with E-state index in [1.165, 1.54) is 35.9 Å². The van der Waals surface area contributed by atoms with Gasteiger partial charge in [-0.25, -0.2) is 17.9 Å². The predicted molar refractivity (Wildman–Crippen MR) is 136 cm³/mol. The molecule has 3 heterocycles. The van der Waals surface area contributed by atoms with Gasteiger partial charge in [0.2, 0.25) is 5.91 Å². The highest BCUT2D eigenvalue weighted by atomic mass is 35.5. The molecule has 1 aliphatic heterocycles. The number of aromatic nitrogens is 3. The number of alkyl halides is 3. The molecular formula is C24H27ClF3N5O4S. The topological polar surface area (TPSA) is 106 Å². The van der Waals surface area contributed by atoms with Crippen molar-refractivity contribution in [3.8, 4) is 0 Å². The maximum Gasteiger partial charge on any atom is 0.413 e. The fourth-order valence-corrected chi connectivity index (χ4v) is 6.28. The number of carbonyl (C=O) groups excluding carboxylic acids is 1. The molecule has 14 heteroatoms. The number of sulfone groups is 1. The van der Waals surface area contributed by atoms with Crippen LogP contribution in [0.5, 0.6) is 0 Å². The highest BCUT2D eigenvalue weighted by Crippen LogP contribution is 2.39. The lowest BCUT2D eigenvalue weighted by molar-refractivity contribution is -0.190. The standard InChI is InChI=1S/C24H27ClF3N5O4S/c1-14(37-3)21-18(13-29-20-12-19(25)31-33(20)21)30-17-6-4-15(5-7-17)22(24(26,27)28)32(2)23(34)16-8-10-38(35,36)11-9-16/h4-7,12-14,16,22,30H,8-11H2,1-3H3. The lowest BCUT2D eigenvalue weighted by Crippen LogP contribution is -2.44. The molecule has 2 atom stereocenters. The first kappa shape index (κ1) is 28.1. The Balaban J connectivity index is 1.59. The smallest absolute Gasteiger partial charge is 0.375 e. The minimum atomic E-state index is -4.74. The molecule has 206 valence electrons. The number of hydrogen-bond donors (Lipinski definition) is 1. The van der Waals surface area contributed by atoms with Crippen molar-refractivity contribution in [3.05, 3.63) is 52.9 Å². The fraction of sp³-hybridized carbons (Fsp3) is 0.458. The zero-order valence-electron chi connectivity index (χ0n) is 20.9. The number of rotatable bonds is 7. The summed E-state index contributed by atoms with van der Waals surface area (Å²) in [5, 5.41) is 7.62. The van der Waals surface area contributed by atoms with E-state index in [0.29, 0.717) is 27.6 Å². The average molecular weight is 574 g/mol. The number of methoxy groups -OCH3 is 1. The maximum atomic E-state index is 14.1. The van der Waals surface area contributed by atoms with E-state index in [1.54, 1.807) is 19.2 Å². The second-order valence-corrected chi connectivity index (χ2v) is 11.9. The summed E-state index contributed by atoms with van der Waals surface area (Å²) in [6.45, 7) is 1.81. The van der Waals surface area contributed by atoms with Gasteiger partial charge in [-0.2, -0.15) is 18.3 Å². The van der Waals surface area contributed by atoms with E-state index in [0.717, 1.165) is 7.05 Å². The average Bonchev–Trinajstić information content (AvgIpc) is 3.23. The molecule has 0 aliphatic carbocycles. The molecule has 1 aliphatic rings. The number of nitrogens with zero attached hydrogens (tertiary/aromatic N) is 4. The summed E-state index contributed by atoms with van der Waals surface area (Å²) < 4.78 is 72.8. The first-order chi connectivity index (χ1) is 17.8. The number of fused-ring (bicyclic) bond motifs is 1. The first-order valence-corrected chi connectivity index (χ1v) is 14.0. The van der Waals surface area contributed by atoms with E-state index in [1.807, 2.05) is 0 Å². The van der Waals surface area contributed by atoms with Gasteiger partial charge in [0.25, 0.3) is 0 Å². The highest BCUT2D eigenvalue weighted by Gasteiger charge is 2.46. The summed E-state index contributed by atoms with van der Waals surface area (Å²) in [7, 11) is -0.621. The van der Waals surface area contributed by atoms with E-state index in [9.17, 15) is 26.4 Å². The van der Waals surface area contributed by atoms with Crippen molar-refractivity contribution in [2.75, 3.05) is 31.0 Å². The van der Waals surface area contributed by atoms with E-state index >= 15 is 0 Å². The second-order valence-electron chi connectivity index (χ2n) is 9.24. The number of halogens is 4. The Labute approximate surface area is 222 Å². The van der Waals surface area contributed by atoms with Crippen molar-refractivity contribution in [1.82, 2.24) is 19.5 Å². The molecule has 1 fully saturated rings. The van der Waals surface area contributed by atoms with E-state index < -0.39 is 40.0 Å². The van der Waals surface area contributed by atoms with Gasteiger partial charge in [-0.05, 0) is 37.5 Å². The van der Waals surface area contributed by atoms with Gasteiger partial charge in [0.05, 0.1) is 35.2 Å². The van der Waals surface area contributed by atoms with Crippen molar-refractivity contribution in [2.24, 2.45) is 5.92 Å². The number of ether oxygens (including phenoxy) is 1. The Morgan fingerprint density at radius 1 is 1.24 bits per heavy atom. The first-order valence-electron chi connectivity index (χ1n) is 11.8. The molecular weight excluding hydrogens is 547 g/mol. The van der Waals surface area contributed by atoms with Crippen LogP contribution < -0.4 is 5.32 Å². The van der Waals surface area contributed by atoms with Crippen LogP contribution in [-0.4, -0.2) is 65.7 Å². The van der Waals surface area contributed by atoms with Crippen LogP contribution in [0.1, 0.15) is 43.2 Å². The Kier molecular flexibility index (Phi) is 7.91. The van der Waals surface area contributed by atoms with Gasteiger partial charge in [-0.3, -0.25) is 4.79 Å². The summed E-state index contributed by atoms with van der Waals surface area (Å²) in [6, 6.07) is 4.95. The van der Waals surface area contributed by atoms with Crippen LogP contribution in [0.2, 0.25) is 5.15 Å². The third-order valence-electron chi connectivity index (χ3n) is 6.68. The Morgan fingerprint density at radius 2 is 1.87 bits per heavy atom. The van der Waals surface area contributed by atoms with Crippen molar-refractivity contribution in [2.45, 2.75) is 38.1 Å². The summed E-state index contributed by atoms with van der Waals surface area (Å²) in [4.78, 5) is 17.9. The van der Waals surface area contributed by atoms with Crippen molar-refractivity contribution < 1.29 is 31.1 Å². The Bertz CT molecular complexity index is 1420. The third kappa shape index (κ3) is 5.89. The quantitative estimate of drug-likeness (QED) is 0.436. The van der Waals surface area contributed by atoms with Crippen LogP contribution in [0, 0.1) is 5.92 Å². The van der Waals surface area contributed by atoms with Gasteiger partial charge in [0.1, 0.15) is 9.84 Å². The second kappa shape index (κ2) is 10.7. The van der Waals surface area contributed by atoms with Crippen LogP contribution in [-0.2, 0) is 19.4 Å². The normalized spacial score (nSPS) is 17.8. The molecule has 1 aromatic carbocycles. The van der Waals surface area contributed by atoms with Gasteiger partial charge >= 0.3 is 6.18 Å². The van der Waals surface area contributed by atoms with Crippen LogP contribution >= 0.6 is 11.6 Å². The van der Waals surface area contributed by atoms with E-state index in [4.69, 9.17) is 16.3 Å². The molecule has 38 heavy (non-hydrogen) atoms. The van der Waals surface area contributed by atoms with Crippen LogP contribution in [0.15, 0.2) is 36.5 Å². The molecule has 2 unspecified atom stereocenters. The molecule has 9 nitrogen and oxygen atoms in total. The summed E-state index contributed by atoms with van der Waals surface area (Å²) in [5.41, 5.74) is 1.99. The molecule has 0 radical (unpaired) electrons. The fourth-order valence-electron chi connectivity index (χ4n) is 4.61. The van der Waals surface area contributed by atoms with Crippen LogP contribution in [0.3, 0.4) is 0 Å². The molecule has 3 aromatic rings. The largest absolute Gasteiger partial charge is 0.413 e. The lowest BCUT2D eigenvalue weighted by atomic mass is 9.98. The maximum absolute atomic E-state index is 14.1. The molecule has 0 saturated carbocycles. The summed E-state index contributed by atoms with van der Waals surface area (Å²) >= 11 is 6.03. The van der Waals surface area contributed by atoms with Gasteiger partial charge < -0.3 is 15.0 Å². The molecule has 1 saturated heterocycles. The summed E-state index contributed by atoms with van der Waals surface area (Å²) in [5.74, 6) is -1.90. The van der Waals surface area contributed by atoms with Gasteiger partial charge in [-0.15, -0.1) is 0 Å². The molecule has 2 aromatic heterocycles. The van der Waals surface area contributed by atoms with Gasteiger partial charge in [0, 0.05) is 31.8 Å². The molecule has 1 N–H and O–H groups in total.